The summed E-state index contributed by atoms with van der Waals surface area (Å²) in [5, 5.41) is 9.33. The van der Waals surface area contributed by atoms with Crippen molar-refractivity contribution in [2.45, 2.75) is 19.4 Å². The van der Waals surface area contributed by atoms with Crippen LogP contribution in [0.5, 0.6) is 0 Å². The number of hydrogen-bond acceptors (Lipinski definition) is 2. The molecule has 2 heterocycles. The highest BCUT2D eigenvalue weighted by molar-refractivity contribution is 6.04. The minimum atomic E-state index is -1.39. The molecule has 3 aliphatic rings. The first-order valence-electron chi connectivity index (χ1n) is 6.64. The van der Waals surface area contributed by atoms with Gasteiger partial charge < -0.3 is 10.0 Å². The third-order valence-electron chi connectivity index (χ3n) is 4.49. The average molecular weight is 277 g/mol. The Bertz CT molecular complexity index is 551. The van der Waals surface area contributed by atoms with Gasteiger partial charge in [0.1, 0.15) is 5.41 Å². The van der Waals surface area contributed by atoms with Gasteiger partial charge in [-0.1, -0.05) is 30.3 Å². The Morgan fingerprint density at radius 1 is 1.30 bits per heavy atom. The summed E-state index contributed by atoms with van der Waals surface area (Å²) in [5.41, 5.74) is -1.11. The van der Waals surface area contributed by atoms with Crippen LogP contribution in [-0.4, -0.2) is 35.1 Å². The first kappa shape index (κ1) is 13.1. The van der Waals surface area contributed by atoms with Crippen molar-refractivity contribution < 1.29 is 19.1 Å². The highest BCUT2D eigenvalue weighted by Crippen LogP contribution is 2.60. The molecule has 1 saturated carbocycles. The summed E-state index contributed by atoms with van der Waals surface area (Å²) in [6, 6.07) is 9.36. The number of benzene rings is 1. The number of halogens is 1. The molecule has 1 aliphatic carbocycles. The van der Waals surface area contributed by atoms with Crippen LogP contribution in [0.25, 0.3) is 0 Å². The predicted octanol–water partition coefficient (Wildman–Crippen LogP) is 1.85. The van der Waals surface area contributed by atoms with E-state index in [-0.39, 0.29) is 18.7 Å². The third kappa shape index (κ3) is 1.72. The zero-order valence-electron chi connectivity index (χ0n) is 11.0. The maximum Gasteiger partial charge on any atom is 0.319 e. The number of aliphatic carboxylic acids is 1. The fourth-order valence-corrected chi connectivity index (χ4v) is 3.58. The SMILES string of the molecule is O=C(O)C12CC(CF)(CN(Cc3ccccc3)C1=O)C2. The molecule has 2 aliphatic heterocycles. The van der Waals surface area contributed by atoms with Crippen molar-refractivity contribution in [2.24, 2.45) is 10.8 Å². The van der Waals surface area contributed by atoms with E-state index in [0.29, 0.717) is 13.1 Å². The molecule has 1 aromatic carbocycles. The van der Waals surface area contributed by atoms with Gasteiger partial charge in [-0.3, -0.25) is 14.0 Å². The summed E-state index contributed by atoms with van der Waals surface area (Å²) in [4.78, 5) is 25.3. The number of carboxylic acid groups (broad SMARTS) is 1. The zero-order chi connectivity index (χ0) is 14.4. The van der Waals surface area contributed by atoms with Crippen molar-refractivity contribution >= 4 is 11.9 Å². The number of alkyl halides is 1. The molecule has 1 amide bonds. The number of carbonyl (C=O) groups excluding carboxylic acids is 1. The van der Waals surface area contributed by atoms with Gasteiger partial charge in [-0.25, -0.2) is 0 Å². The first-order valence-corrected chi connectivity index (χ1v) is 6.64. The van der Waals surface area contributed by atoms with Crippen LogP contribution in [0.2, 0.25) is 0 Å². The molecule has 20 heavy (non-hydrogen) atoms. The third-order valence-corrected chi connectivity index (χ3v) is 4.49. The van der Waals surface area contributed by atoms with Gasteiger partial charge in [0.05, 0.1) is 6.67 Å². The minimum Gasteiger partial charge on any atom is -0.480 e. The van der Waals surface area contributed by atoms with Crippen LogP contribution in [0.4, 0.5) is 4.39 Å². The number of rotatable bonds is 4. The number of carboxylic acids is 1. The van der Waals surface area contributed by atoms with Gasteiger partial charge in [0.25, 0.3) is 0 Å². The fraction of sp³-hybridized carbons (Fsp3) is 0.467. The maximum atomic E-state index is 13.2. The van der Waals surface area contributed by atoms with E-state index < -0.39 is 23.5 Å². The topological polar surface area (TPSA) is 57.6 Å². The lowest BCUT2D eigenvalue weighted by Gasteiger charge is -2.59. The van der Waals surface area contributed by atoms with E-state index in [4.69, 9.17) is 0 Å². The predicted molar refractivity (Wildman–Crippen MR) is 69.6 cm³/mol. The van der Waals surface area contributed by atoms with Crippen molar-refractivity contribution in [3.63, 3.8) is 0 Å². The second-order valence-electron chi connectivity index (χ2n) is 6.02. The zero-order valence-corrected chi connectivity index (χ0v) is 11.0. The Kier molecular flexibility index (Phi) is 2.81. The van der Waals surface area contributed by atoms with Crippen molar-refractivity contribution in [3.05, 3.63) is 35.9 Å². The second-order valence-corrected chi connectivity index (χ2v) is 6.02. The molecule has 0 atom stereocenters. The molecular formula is C15H16FNO3. The van der Waals surface area contributed by atoms with Crippen LogP contribution >= 0.6 is 0 Å². The van der Waals surface area contributed by atoms with Gasteiger partial charge in [0.15, 0.2) is 0 Å². The summed E-state index contributed by atoms with van der Waals surface area (Å²) in [5.74, 6) is -1.49. The maximum absolute atomic E-state index is 13.2. The van der Waals surface area contributed by atoms with Gasteiger partial charge in [0, 0.05) is 18.5 Å². The summed E-state index contributed by atoms with van der Waals surface area (Å²) in [7, 11) is 0. The molecule has 0 radical (unpaired) electrons. The number of carbonyl (C=O) groups is 2. The number of piperidine rings is 2. The molecular weight excluding hydrogens is 261 g/mol. The summed E-state index contributed by atoms with van der Waals surface area (Å²) >= 11 is 0. The normalized spacial score (nSPS) is 31.9. The van der Waals surface area contributed by atoms with Gasteiger partial charge in [0.2, 0.25) is 5.91 Å². The summed E-state index contributed by atoms with van der Waals surface area (Å²) in [6.07, 6.45) is 0.270. The van der Waals surface area contributed by atoms with E-state index in [1.165, 1.54) is 4.90 Å². The van der Waals surface area contributed by atoms with Crippen molar-refractivity contribution in [1.29, 1.82) is 0 Å². The van der Waals surface area contributed by atoms with E-state index in [9.17, 15) is 19.1 Å². The molecule has 0 spiro atoms. The molecule has 1 N–H and O–H groups in total. The monoisotopic (exact) mass is 277 g/mol. The van der Waals surface area contributed by atoms with Crippen LogP contribution in [0.3, 0.4) is 0 Å². The van der Waals surface area contributed by atoms with Crippen LogP contribution < -0.4 is 0 Å². The molecule has 2 saturated heterocycles. The van der Waals surface area contributed by atoms with Crippen molar-refractivity contribution in [3.8, 4) is 0 Å². The van der Waals surface area contributed by atoms with E-state index >= 15 is 0 Å². The lowest BCUT2D eigenvalue weighted by atomic mass is 9.49. The van der Waals surface area contributed by atoms with E-state index in [1.807, 2.05) is 30.3 Å². The second kappa shape index (κ2) is 4.30. The molecule has 3 fully saturated rings. The van der Waals surface area contributed by atoms with Gasteiger partial charge in [-0.05, 0) is 18.4 Å². The lowest BCUT2D eigenvalue weighted by molar-refractivity contribution is -0.198. The smallest absolute Gasteiger partial charge is 0.319 e. The van der Waals surface area contributed by atoms with E-state index in [0.717, 1.165) is 5.56 Å². The van der Waals surface area contributed by atoms with Crippen LogP contribution in [0.15, 0.2) is 30.3 Å². The Morgan fingerprint density at radius 2 is 1.95 bits per heavy atom. The van der Waals surface area contributed by atoms with E-state index in [2.05, 4.69) is 0 Å². The molecule has 4 nitrogen and oxygen atoms in total. The van der Waals surface area contributed by atoms with Gasteiger partial charge in [-0.15, -0.1) is 0 Å². The lowest BCUT2D eigenvalue weighted by Crippen LogP contribution is -2.69. The van der Waals surface area contributed by atoms with Crippen molar-refractivity contribution in [1.82, 2.24) is 4.90 Å². The molecule has 106 valence electrons. The number of fused-ring (bicyclic) bond motifs is 2. The largest absolute Gasteiger partial charge is 0.480 e. The Hall–Kier alpha value is -1.91. The first-order chi connectivity index (χ1) is 9.51. The number of hydrogen-bond donors (Lipinski definition) is 1. The minimum absolute atomic E-state index is 0.135. The molecule has 2 bridgehead atoms. The van der Waals surface area contributed by atoms with Crippen molar-refractivity contribution in [2.75, 3.05) is 13.2 Å². The number of amides is 1. The quantitative estimate of drug-likeness (QED) is 0.854. The molecule has 0 unspecified atom stereocenters. The van der Waals surface area contributed by atoms with E-state index in [1.54, 1.807) is 0 Å². The number of nitrogens with zero attached hydrogens (tertiary/aromatic N) is 1. The fourth-order valence-electron chi connectivity index (χ4n) is 3.58. The van der Waals surface area contributed by atoms with Crippen LogP contribution in [0, 0.1) is 10.8 Å². The summed E-state index contributed by atoms with van der Waals surface area (Å²) in [6.45, 7) is 0.0866. The Labute approximate surface area is 116 Å². The molecule has 1 aromatic rings. The van der Waals surface area contributed by atoms with Crippen LogP contribution in [-0.2, 0) is 16.1 Å². The van der Waals surface area contributed by atoms with Gasteiger partial charge >= 0.3 is 5.97 Å². The van der Waals surface area contributed by atoms with Crippen LogP contribution in [0.1, 0.15) is 18.4 Å². The summed E-state index contributed by atoms with van der Waals surface area (Å²) < 4.78 is 13.2. The van der Waals surface area contributed by atoms with Gasteiger partial charge in [-0.2, -0.15) is 0 Å². The molecule has 4 rings (SSSR count). The highest BCUT2D eigenvalue weighted by Gasteiger charge is 2.68. The Morgan fingerprint density at radius 3 is 2.50 bits per heavy atom. The Balaban J connectivity index is 1.85. The standard InChI is InChI=1S/C15H16FNO3/c16-9-14-7-15(8-14,13(19)20)12(18)17(10-14)6-11-4-2-1-3-5-11/h1-5H,6-10H2,(H,19,20). The molecule has 0 aromatic heterocycles. The highest BCUT2D eigenvalue weighted by atomic mass is 19.1. The molecule has 5 heteroatoms. The average Bonchev–Trinajstić information content (AvgIpc) is 2.41.